The maximum atomic E-state index is 5.98. The van der Waals surface area contributed by atoms with E-state index in [-0.39, 0.29) is 0 Å². The van der Waals surface area contributed by atoms with Crippen LogP contribution in [0.25, 0.3) is 17.1 Å². The second-order valence-electron chi connectivity index (χ2n) is 6.05. The summed E-state index contributed by atoms with van der Waals surface area (Å²) >= 11 is 5.98. The van der Waals surface area contributed by atoms with Crippen molar-refractivity contribution in [2.45, 2.75) is 27.3 Å². The highest BCUT2D eigenvalue weighted by Crippen LogP contribution is 2.25. The summed E-state index contributed by atoms with van der Waals surface area (Å²) in [6.45, 7) is 6.76. The van der Waals surface area contributed by atoms with E-state index in [2.05, 4.69) is 27.3 Å². The normalized spacial score (nSPS) is 11.2. The molecule has 3 aromatic heterocycles. The van der Waals surface area contributed by atoms with E-state index in [1.165, 1.54) is 0 Å². The van der Waals surface area contributed by atoms with E-state index in [1.54, 1.807) is 11.0 Å². The first-order valence-electron chi connectivity index (χ1n) is 8.34. The molecule has 1 aromatic carbocycles. The molecule has 3 heterocycles. The van der Waals surface area contributed by atoms with Crippen LogP contribution in [0.1, 0.15) is 18.3 Å². The molecular weight excluding hydrogens is 350 g/mol. The van der Waals surface area contributed by atoms with E-state index >= 15 is 0 Å². The lowest BCUT2D eigenvalue weighted by Crippen LogP contribution is -2.09. The number of imidazole rings is 1. The van der Waals surface area contributed by atoms with Crippen LogP contribution in [0.2, 0.25) is 5.02 Å². The van der Waals surface area contributed by atoms with Crippen LogP contribution < -0.4 is 5.32 Å². The van der Waals surface area contributed by atoms with Gasteiger partial charge in [0.05, 0.1) is 12.0 Å². The van der Waals surface area contributed by atoms with Gasteiger partial charge in [0.15, 0.2) is 17.0 Å². The first-order chi connectivity index (χ1) is 12.5. The van der Waals surface area contributed by atoms with Crippen molar-refractivity contribution in [3.05, 3.63) is 53.1 Å². The molecule has 0 spiro atoms. The lowest BCUT2D eigenvalue weighted by molar-refractivity contribution is 0.754. The molecule has 132 valence electrons. The first kappa shape index (κ1) is 16.5. The molecule has 1 N–H and O–H groups in total. The molecule has 0 unspecified atom stereocenters. The van der Waals surface area contributed by atoms with Gasteiger partial charge in [-0.1, -0.05) is 11.6 Å². The van der Waals surface area contributed by atoms with Crippen molar-refractivity contribution in [1.82, 2.24) is 29.3 Å². The summed E-state index contributed by atoms with van der Waals surface area (Å²) in [5.41, 5.74) is 4.25. The van der Waals surface area contributed by atoms with Crippen LogP contribution in [0.4, 0.5) is 11.5 Å². The van der Waals surface area contributed by atoms with Gasteiger partial charge in [-0.25, -0.2) is 9.67 Å². The molecule has 0 amide bonds. The van der Waals surface area contributed by atoms with Gasteiger partial charge in [-0.05, 0) is 51.1 Å². The first-order valence-corrected chi connectivity index (χ1v) is 8.72. The average molecular weight is 368 g/mol. The predicted octanol–water partition coefficient (Wildman–Crippen LogP) is 4.05. The van der Waals surface area contributed by atoms with Crippen molar-refractivity contribution in [1.29, 1.82) is 0 Å². The second kappa shape index (κ2) is 6.42. The summed E-state index contributed by atoms with van der Waals surface area (Å²) < 4.78 is 3.73. The third-order valence-corrected chi connectivity index (χ3v) is 4.35. The maximum Gasteiger partial charge on any atom is 0.254 e. The zero-order chi connectivity index (χ0) is 18.3. The van der Waals surface area contributed by atoms with Gasteiger partial charge in [0.2, 0.25) is 0 Å². The Morgan fingerprint density at radius 3 is 2.54 bits per heavy atom. The Kier molecular flexibility index (Phi) is 4.08. The Morgan fingerprint density at radius 2 is 1.88 bits per heavy atom. The van der Waals surface area contributed by atoms with Crippen molar-refractivity contribution < 1.29 is 0 Å². The molecule has 4 rings (SSSR count). The number of anilines is 2. The van der Waals surface area contributed by atoms with Crippen LogP contribution in [0.5, 0.6) is 0 Å². The molecule has 0 aliphatic carbocycles. The molecule has 0 bridgehead atoms. The van der Waals surface area contributed by atoms with Gasteiger partial charge in [-0.3, -0.25) is 0 Å². The largest absolute Gasteiger partial charge is 0.338 e. The van der Waals surface area contributed by atoms with Gasteiger partial charge >= 0.3 is 0 Å². The highest BCUT2D eigenvalue weighted by atomic mass is 35.5. The highest BCUT2D eigenvalue weighted by Gasteiger charge is 2.16. The molecule has 0 radical (unpaired) electrons. The fraction of sp³-hybridized carbons (Fsp3) is 0.222. The number of nitrogens with one attached hydrogen (secondary N) is 1. The monoisotopic (exact) mass is 367 g/mol. The Labute approximate surface area is 155 Å². The predicted molar refractivity (Wildman–Crippen MR) is 102 cm³/mol. The van der Waals surface area contributed by atoms with E-state index in [1.807, 2.05) is 48.7 Å². The van der Waals surface area contributed by atoms with Gasteiger partial charge in [-0.15, -0.1) is 0 Å². The van der Waals surface area contributed by atoms with Crippen molar-refractivity contribution in [2.75, 3.05) is 5.32 Å². The molecule has 8 heteroatoms. The Bertz CT molecular complexity index is 1080. The zero-order valence-electron chi connectivity index (χ0n) is 14.7. The van der Waals surface area contributed by atoms with Crippen molar-refractivity contribution in [3.8, 4) is 5.95 Å². The topological polar surface area (TPSA) is 73.5 Å². The van der Waals surface area contributed by atoms with E-state index in [0.29, 0.717) is 22.3 Å². The molecule has 4 aromatic rings. The lowest BCUT2D eigenvalue weighted by Gasteiger charge is -2.10. The molecular formula is C18H18ClN7. The maximum absolute atomic E-state index is 5.98. The second-order valence-corrected chi connectivity index (χ2v) is 6.48. The zero-order valence-corrected chi connectivity index (χ0v) is 15.5. The number of nitrogens with zero attached hydrogens (tertiary/aromatic N) is 6. The van der Waals surface area contributed by atoms with E-state index in [0.717, 1.165) is 29.3 Å². The minimum Gasteiger partial charge on any atom is -0.338 e. The third kappa shape index (κ3) is 2.90. The molecule has 0 fully saturated rings. The number of hydrogen-bond donors (Lipinski definition) is 1. The van der Waals surface area contributed by atoms with Crippen LogP contribution in [0, 0.1) is 13.8 Å². The third-order valence-electron chi connectivity index (χ3n) is 4.10. The fourth-order valence-electron chi connectivity index (χ4n) is 2.85. The Morgan fingerprint density at radius 1 is 1.12 bits per heavy atom. The number of hydrogen-bond acceptors (Lipinski definition) is 5. The Hall–Kier alpha value is -2.93. The van der Waals surface area contributed by atoms with Gasteiger partial charge in [0.1, 0.15) is 0 Å². The number of aryl methyl sites for hydroxylation is 3. The number of rotatable bonds is 4. The van der Waals surface area contributed by atoms with E-state index in [9.17, 15) is 0 Å². The van der Waals surface area contributed by atoms with Gasteiger partial charge in [0.25, 0.3) is 5.95 Å². The SMILES string of the molecule is CCn1cnc2c(Nc3ccc(Cl)cc3)nc(-n3nc(C)cc3C)nc21. The minimum absolute atomic E-state index is 0.509. The van der Waals surface area contributed by atoms with Crippen molar-refractivity contribution in [2.24, 2.45) is 0 Å². The smallest absolute Gasteiger partial charge is 0.254 e. The van der Waals surface area contributed by atoms with Crippen molar-refractivity contribution in [3.63, 3.8) is 0 Å². The van der Waals surface area contributed by atoms with Crippen molar-refractivity contribution >= 4 is 34.3 Å². The lowest BCUT2D eigenvalue weighted by atomic mass is 10.3. The minimum atomic E-state index is 0.509. The number of fused-ring (bicyclic) bond motifs is 1. The number of halogens is 1. The summed E-state index contributed by atoms with van der Waals surface area (Å²) in [6.07, 6.45) is 1.78. The quantitative estimate of drug-likeness (QED) is 0.589. The molecule has 0 saturated heterocycles. The number of aromatic nitrogens is 6. The summed E-state index contributed by atoms with van der Waals surface area (Å²) in [7, 11) is 0. The molecule has 0 saturated carbocycles. The standard InChI is InChI=1S/C18H18ClN7/c1-4-25-10-20-15-16(21-14-7-5-13(19)6-8-14)22-18(23-17(15)25)26-12(3)9-11(2)24-26/h5-10H,4H2,1-3H3,(H,21,22,23). The van der Waals surface area contributed by atoms with Crippen LogP contribution in [0.15, 0.2) is 36.7 Å². The Balaban J connectivity index is 1.88. The van der Waals surface area contributed by atoms with Crippen LogP contribution >= 0.6 is 11.6 Å². The summed E-state index contributed by atoms with van der Waals surface area (Å²) in [5, 5.41) is 8.51. The average Bonchev–Trinajstić information content (AvgIpc) is 3.19. The van der Waals surface area contributed by atoms with Gasteiger partial charge in [-0.2, -0.15) is 15.1 Å². The molecule has 26 heavy (non-hydrogen) atoms. The molecule has 0 aliphatic heterocycles. The summed E-state index contributed by atoms with van der Waals surface area (Å²) in [4.78, 5) is 13.9. The van der Waals surface area contributed by atoms with Crippen LogP contribution in [-0.4, -0.2) is 29.3 Å². The molecule has 0 atom stereocenters. The van der Waals surface area contributed by atoms with Crippen LogP contribution in [0.3, 0.4) is 0 Å². The summed E-state index contributed by atoms with van der Waals surface area (Å²) in [5.74, 6) is 1.14. The fourth-order valence-corrected chi connectivity index (χ4v) is 2.97. The molecule has 7 nitrogen and oxygen atoms in total. The van der Waals surface area contributed by atoms with Gasteiger partial charge in [0, 0.05) is 22.9 Å². The molecule has 0 aliphatic rings. The highest BCUT2D eigenvalue weighted by molar-refractivity contribution is 6.30. The number of benzene rings is 1. The van der Waals surface area contributed by atoms with E-state index < -0.39 is 0 Å². The van der Waals surface area contributed by atoms with Gasteiger partial charge < -0.3 is 9.88 Å². The van der Waals surface area contributed by atoms with Crippen LogP contribution in [-0.2, 0) is 6.54 Å². The van der Waals surface area contributed by atoms with E-state index in [4.69, 9.17) is 16.6 Å². The summed E-state index contributed by atoms with van der Waals surface area (Å²) in [6, 6.07) is 9.45.